The molecule has 0 saturated carbocycles. The Morgan fingerprint density at radius 3 is 2.56 bits per heavy atom. The van der Waals surface area contributed by atoms with Gasteiger partial charge in [-0.25, -0.2) is 0 Å². The topological polar surface area (TPSA) is 124 Å². The van der Waals surface area contributed by atoms with Crippen LogP contribution in [-0.4, -0.2) is 49.1 Å². The van der Waals surface area contributed by atoms with Crippen molar-refractivity contribution in [2.45, 2.75) is 32.5 Å². The summed E-state index contributed by atoms with van der Waals surface area (Å²) in [5.41, 5.74) is 2.96. The van der Waals surface area contributed by atoms with Crippen molar-refractivity contribution in [3.8, 4) is 11.4 Å². The van der Waals surface area contributed by atoms with Crippen LogP contribution in [0.3, 0.4) is 0 Å². The Labute approximate surface area is 216 Å². The van der Waals surface area contributed by atoms with Gasteiger partial charge in [0.15, 0.2) is 17.6 Å². The minimum absolute atomic E-state index is 0.110. The van der Waals surface area contributed by atoms with Crippen LogP contribution in [0.25, 0.3) is 5.69 Å². The van der Waals surface area contributed by atoms with E-state index in [1.807, 2.05) is 61.7 Å². The van der Waals surface area contributed by atoms with E-state index in [0.717, 1.165) is 21.8 Å². The van der Waals surface area contributed by atoms with Crippen LogP contribution in [0.4, 0.5) is 5.13 Å². The zero-order chi connectivity index (χ0) is 25.5. The maximum atomic E-state index is 12.5. The molecule has 0 atom stereocenters. The monoisotopic (exact) mass is 523 g/mol. The molecular weight excluding hydrogens is 498 g/mol. The molecule has 2 heterocycles. The molecule has 2 aromatic carbocycles. The smallest absolute Gasteiger partial charge is 0.258 e. The minimum atomic E-state index is -0.282. The molecule has 0 spiro atoms. The van der Waals surface area contributed by atoms with Gasteiger partial charge in [-0.1, -0.05) is 53.4 Å². The third-order valence-electron chi connectivity index (χ3n) is 4.97. The number of nitrogens with one attached hydrogen (secondary N) is 2. The lowest BCUT2D eigenvalue weighted by molar-refractivity contribution is -0.123. The molecule has 0 bridgehead atoms. The van der Waals surface area contributed by atoms with Crippen molar-refractivity contribution in [3.63, 3.8) is 0 Å². The van der Waals surface area contributed by atoms with Gasteiger partial charge in [0.05, 0.1) is 18.0 Å². The number of carbonyl (C=O) groups is 2. The molecule has 0 aliphatic rings. The Morgan fingerprint density at radius 1 is 1.00 bits per heavy atom. The molecule has 0 radical (unpaired) electrons. The lowest BCUT2D eigenvalue weighted by atomic mass is 10.1. The zero-order valence-corrected chi connectivity index (χ0v) is 21.7. The van der Waals surface area contributed by atoms with Gasteiger partial charge >= 0.3 is 0 Å². The Morgan fingerprint density at radius 2 is 1.81 bits per heavy atom. The number of hydrogen-bond donors (Lipinski definition) is 2. The van der Waals surface area contributed by atoms with E-state index in [-0.39, 0.29) is 30.7 Å². The predicted octanol–water partition coefficient (Wildman–Crippen LogP) is 3.47. The van der Waals surface area contributed by atoms with Gasteiger partial charge in [-0.15, -0.1) is 20.4 Å². The number of anilines is 1. The van der Waals surface area contributed by atoms with Gasteiger partial charge in [-0.05, 0) is 50.1 Å². The van der Waals surface area contributed by atoms with Crippen molar-refractivity contribution in [2.75, 3.05) is 17.7 Å². The van der Waals surface area contributed by atoms with Crippen molar-refractivity contribution in [2.24, 2.45) is 0 Å². The molecule has 12 heteroatoms. The molecule has 186 valence electrons. The number of aryl methyl sites for hydroxylation is 3. The second-order valence-electron chi connectivity index (χ2n) is 7.87. The number of rotatable bonds is 10. The van der Waals surface area contributed by atoms with Crippen molar-refractivity contribution in [1.82, 2.24) is 30.3 Å². The molecule has 0 saturated heterocycles. The maximum Gasteiger partial charge on any atom is 0.258 e. The number of para-hydroxylation sites is 1. The first-order chi connectivity index (χ1) is 17.4. The van der Waals surface area contributed by atoms with Gasteiger partial charge in [-0.2, -0.15) is 0 Å². The number of ether oxygens (including phenoxy) is 1. The van der Waals surface area contributed by atoms with Crippen molar-refractivity contribution >= 4 is 40.0 Å². The zero-order valence-electron chi connectivity index (χ0n) is 20.0. The van der Waals surface area contributed by atoms with Gasteiger partial charge in [-0.3, -0.25) is 19.5 Å². The van der Waals surface area contributed by atoms with Crippen molar-refractivity contribution in [1.29, 1.82) is 0 Å². The summed E-state index contributed by atoms with van der Waals surface area (Å²) < 4.78 is 7.38. The molecule has 0 fully saturated rings. The minimum Gasteiger partial charge on any atom is -0.484 e. The average Bonchev–Trinajstić information content (AvgIpc) is 3.47. The fraction of sp³-hybridized carbons (Fsp3) is 0.250. The first-order valence-electron chi connectivity index (χ1n) is 11.1. The first-order valence-corrected chi connectivity index (χ1v) is 12.9. The molecule has 2 aromatic heterocycles. The third kappa shape index (κ3) is 6.67. The van der Waals surface area contributed by atoms with Crippen LogP contribution in [0.1, 0.15) is 22.0 Å². The van der Waals surface area contributed by atoms with Crippen molar-refractivity contribution < 1.29 is 14.3 Å². The summed E-state index contributed by atoms with van der Waals surface area (Å²) in [6, 6.07) is 15.2. The van der Waals surface area contributed by atoms with Crippen LogP contribution in [0.15, 0.2) is 53.7 Å². The Balaban J connectivity index is 1.46. The van der Waals surface area contributed by atoms with Gasteiger partial charge in [0.1, 0.15) is 10.8 Å². The molecule has 0 aliphatic carbocycles. The summed E-state index contributed by atoms with van der Waals surface area (Å²) in [6.07, 6.45) is 0. The summed E-state index contributed by atoms with van der Waals surface area (Å²) in [5.74, 6) is 0.764. The lowest BCUT2D eigenvalue weighted by Gasteiger charge is -2.14. The highest BCUT2D eigenvalue weighted by Crippen LogP contribution is 2.25. The highest BCUT2D eigenvalue weighted by molar-refractivity contribution is 7.99. The lowest BCUT2D eigenvalue weighted by Crippen LogP contribution is -2.29. The van der Waals surface area contributed by atoms with Crippen LogP contribution in [-0.2, 0) is 16.1 Å². The Kier molecular flexibility index (Phi) is 8.28. The molecule has 2 N–H and O–H groups in total. The highest BCUT2D eigenvalue weighted by Gasteiger charge is 2.19. The molecule has 2 amide bonds. The van der Waals surface area contributed by atoms with Crippen LogP contribution >= 0.6 is 23.1 Å². The molecule has 36 heavy (non-hydrogen) atoms. The number of benzene rings is 2. The van der Waals surface area contributed by atoms with Crippen LogP contribution in [0.5, 0.6) is 5.75 Å². The SMILES string of the molecule is Cc1ccc(C)c(-n2c(CNC(=O)COc3ccccc3)nnc2SCC(=O)Nc2nnc(C)s2)c1. The van der Waals surface area contributed by atoms with Gasteiger partial charge < -0.3 is 10.1 Å². The average molecular weight is 524 g/mol. The molecule has 4 aromatic rings. The van der Waals surface area contributed by atoms with E-state index in [0.29, 0.717) is 21.9 Å². The fourth-order valence-corrected chi connectivity index (χ4v) is 4.61. The number of amides is 2. The van der Waals surface area contributed by atoms with Crippen LogP contribution in [0.2, 0.25) is 0 Å². The summed E-state index contributed by atoms with van der Waals surface area (Å²) in [6.45, 7) is 5.84. The summed E-state index contributed by atoms with van der Waals surface area (Å²) in [4.78, 5) is 24.8. The largest absolute Gasteiger partial charge is 0.484 e. The number of thioether (sulfide) groups is 1. The molecule has 10 nitrogen and oxygen atoms in total. The number of aromatic nitrogens is 5. The van der Waals surface area contributed by atoms with E-state index in [1.165, 1.54) is 23.1 Å². The highest BCUT2D eigenvalue weighted by atomic mass is 32.2. The first kappa shape index (κ1) is 25.3. The van der Waals surface area contributed by atoms with Crippen molar-refractivity contribution in [3.05, 3.63) is 70.5 Å². The molecule has 0 aliphatic heterocycles. The normalized spacial score (nSPS) is 10.8. The third-order valence-corrected chi connectivity index (χ3v) is 6.65. The standard InChI is InChI=1S/C24H25N7O3S2/c1-15-9-10-16(2)19(11-15)31-20(12-25-21(32)13-34-18-7-5-4-6-8-18)28-30-24(31)35-14-22(33)26-23-29-27-17(3)36-23/h4-11H,12-14H2,1-3H3,(H,25,32)(H,26,29,33). The number of nitrogens with zero attached hydrogens (tertiary/aromatic N) is 5. The number of carbonyl (C=O) groups excluding carboxylic acids is 2. The summed E-state index contributed by atoms with van der Waals surface area (Å²) in [5, 5.41) is 23.8. The second-order valence-corrected chi connectivity index (χ2v) is 9.99. The summed E-state index contributed by atoms with van der Waals surface area (Å²) >= 11 is 2.56. The van der Waals surface area contributed by atoms with Gasteiger partial charge in [0.2, 0.25) is 11.0 Å². The van der Waals surface area contributed by atoms with Gasteiger partial charge in [0.25, 0.3) is 5.91 Å². The molecule has 0 unspecified atom stereocenters. The molecular formula is C24H25N7O3S2. The van der Waals surface area contributed by atoms with Crippen LogP contribution in [0, 0.1) is 20.8 Å². The van der Waals surface area contributed by atoms with E-state index in [2.05, 4.69) is 31.0 Å². The fourth-order valence-electron chi connectivity index (χ4n) is 3.24. The van der Waals surface area contributed by atoms with E-state index >= 15 is 0 Å². The Bertz CT molecular complexity index is 1360. The predicted molar refractivity (Wildman–Crippen MR) is 139 cm³/mol. The van der Waals surface area contributed by atoms with E-state index in [1.54, 1.807) is 12.1 Å². The maximum absolute atomic E-state index is 12.5. The van der Waals surface area contributed by atoms with E-state index in [4.69, 9.17) is 4.74 Å². The van der Waals surface area contributed by atoms with Crippen LogP contribution < -0.4 is 15.4 Å². The van der Waals surface area contributed by atoms with E-state index < -0.39 is 0 Å². The molecule has 4 rings (SSSR count). The summed E-state index contributed by atoms with van der Waals surface area (Å²) in [7, 11) is 0. The van der Waals surface area contributed by atoms with E-state index in [9.17, 15) is 9.59 Å². The number of hydrogen-bond acceptors (Lipinski definition) is 9. The second kappa shape index (κ2) is 11.8. The quantitative estimate of drug-likeness (QED) is 0.303. The Hall–Kier alpha value is -3.77. The van der Waals surface area contributed by atoms with Gasteiger partial charge in [0, 0.05) is 0 Å².